The Balaban J connectivity index is 1.20. The van der Waals surface area contributed by atoms with Crippen LogP contribution in [0, 0.1) is 0 Å². The summed E-state index contributed by atoms with van der Waals surface area (Å²) in [5.41, 5.74) is 5.85. The van der Waals surface area contributed by atoms with Crippen molar-refractivity contribution in [2.45, 2.75) is 6.55 Å². The molecule has 0 fully saturated rings. The summed E-state index contributed by atoms with van der Waals surface area (Å²) in [5.74, 6) is 0.968. The van der Waals surface area contributed by atoms with E-state index in [-0.39, 0.29) is 0 Å². The van der Waals surface area contributed by atoms with E-state index in [0.29, 0.717) is 0 Å². The normalized spacial score (nSPS) is 12.2. The molecule has 0 saturated carbocycles. The van der Waals surface area contributed by atoms with Gasteiger partial charge in [-0.3, -0.25) is 4.57 Å². The Morgan fingerprint density at radius 2 is 1.00 bits per heavy atom. The zero-order valence-electron chi connectivity index (χ0n) is 29.1. The van der Waals surface area contributed by atoms with Gasteiger partial charge in [-0.25, -0.2) is 4.98 Å². The maximum absolute atomic E-state index is 5.23. The fourth-order valence-corrected chi connectivity index (χ4v) is 13.5. The van der Waals surface area contributed by atoms with Gasteiger partial charge in [0.25, 0.3) is 0 Å². The van der Waals surface area contributed by atoms with Crippen LogP contribution in [0.2, 0.25) is 6.55 Å². The third-order valence-electron chi connectivity index (χ3n) is 11.4. The van der Waals surface area contributed by atoms with E-state index >= 15 is 0 Å². The van der Waals surface area contributed by atoms with E-state index in [9.17, 15) is 0 Å². The molecule has 0 atom stereocenters. The number of pyridine rings is 1. The van der Waals surface area contributed by atoms with Crippen LogP contribution in [0.4, 0.5) is 0 Å². The smallest absolute Gasteiger partial charge is 0.155 e. The summed E-state index contributed by atoms with van der Waals surface area (Å²) in [6.07, 6.45) is 2.01. The predicted octanol–water partition coefficient (Wildman–Crippen LogP) is 10.7. The van der Waals surface area contributed by atoms with Gasteiger partial charge < -0.3 is 4.57 Å². The molecule has 0 radical (unpaired) electrons. The number of hydrogen-bond acceptors (Lipinski definition) is 2. The van der Waals surface area contributed by atoms with Crippen LogP contribution in [0.25, 0.3) is 75.3 Å². The van der Waals surface area contributed by atoms with Crippen molar-refractivity contribution in [3.8, 4) is 11.5 Å². The standard InChI is InChI=1S/C48H33N3SSi/c1-53(32-15-4-2-5-16-32,33-17-6-3-7-18-33)34-27-28-45-40(31-34)39-29-30-49-48(47(39)52-45)51-43-25-13-10-21-37(43)38-22-14-26-44(46(38)51)50-41-23-11-8-19-35(41)36-20-9-12-24-42(36)50/h2-31H,1H3. The van der Waals surface area contributed by atoms with E-state index in [4.69, 9.17) is 4.98 Å². The predicted molar refractivity (Wildman–Crippen MR) is 229 cm³/mol. The highest BCUT2D eigenvalue weighted by molar-refractivity contribution is 7.26. The molecule has 0 bridgehead atoms. The molecule has 53 heavy (non-hydrogen) atoms. The second-order valence-electron chi connectivity index (χ2n) is 14.1. The van der Waals surface area contributed by atoms with Gasteiger partial charge in [-0.05, 0) is 52.0 Å². The number of para-hydroxylation sites is 4. The quantitative estimate of drug-likeness (QED) is 0.129. The number of fused-ring (bicyclic) bond motifs is 9. The minimum Gasteiger partial charge on any atom is -0.307 e. The monoisotopic (exact) mass is 711 g/mol. The molecule has 3 nitrogen and oxygen atoms in total. The van der Waals surface area contributed by atoms with Crippen molar-refractivity contribution in [3.63, 3.8) is 0 Å². The maximum atomic E-state index is 5.23. The number of benzene rings is 7. The molecule has 11 rings (SSSR count). The van der Waals surface area contributed by atoms with Gasteiger partial charge in [0.1, 0.15) is 8.07 Å². The summed E-state index contributed by atoms with van der Waals surface area (Å²) >= 11 is 1.85. The average molecular weight is 712 g/mol. The van der Waals surface area contributed by atoms with Gasteiger partial charge in [0.2, 0.25) is 0 Å². The molecule has 4 aromatic heterocycles. The number of aromatic nitrogens is 3. The van der Waals surface area contributed by atoms with Crippen LogP contribution in [-0.2, 0) is 0 Å². The van der Waals surface area contributed by atoms with Crippen molar-refractivity contribution in [1.29, 1.82) is 0 Å². The Morgan fingerprint density at radius 3 is 1.64 bits per heavy atom. The maximum Gasteiger partial charge on any atom is 0.155 e. The fourth-order valence-electron chi connectivity index (χ4n) is 8.79. The molecule has 7 aromatic carbocycles. The van der Waals surface area contributed by atoms with Crippen LogP contribution >= 0.6 is 11.3 Å². The Bertz CT molecular complexity index is 3100. The number of hydrogen-bond donors (Lipinski definition) is 0. The van der Waals surface area contributed by atoms with Gasteiger partial charge in [-0.15, -0.1) is 11.3 Å². The minimum absolute atomic E-state index is 0.968. The summed E-state index contributed by atoms with van der Waals surface area (Å²) in [7, 11) is -2.30. The Hall–Kier alpha value is -6.27. The van der Waals surface area contributed by atoms with Gasteiger partial charge in [0, 0.05) is 43.2 Å². The summed E-state index contributed by atoms with van der Waals surface area (Å²) in [6.45, 7) is 2.49. The van der Waals surface area contributed by atoms with Crippen molar-refractivity contribution >= 4 is 98.8 Å². The van der Waals surface area contributed by atoms with Crippen LogP contribution in [0.5, 0.6) is 0 Å². The van der Waals surface area contributed by atoms with Crippen LogP contribution in [0.15, 0.2) is 182 Å². The first-order valence-corrected chi connectivity index (χ1v) is 21.5. The summed E-state index contributed by atoms with van der Waals surface area (Å²) in [4.78, 5) is 5.23. The van der Waals surface area contributed by atoms with Crippen molar-refractivity contribution < 1.29 is 0 Å². The Morgan fingerprint density at radius 1 is 0.453 bits per heavy atom. The molecular formula is C48H33N3SSi. The van der Waals surface area contributed by atoms with Crippen molar-refractivity contribution in [1.82, 2.24) is 14.1 Å². The summed E-state index contributed by atoms with van der Waals surface area (Å²) < 4.78 is 7.34. The highest BCUT2D eigenvalue weighted by Gasteiger charge is 2.34. The zero-order valence-corrected chi connectivity index (χ0v) is 30.9. The van der Waals surface area contributed by atoms with E-state index in [1.807, 2.05) is 17.5 Å². The second-order valence-corrected chi connectivity index (χ2v) is 19.1. The number of rotatable bonds is 5. The van der Waals surface area contributed by atoms with E-state index in [1.165, 1.54) is 68.3 Å². The molecule has 0 N–H and O–H groups in total. The summed E-state index contributed by atoms with van der Waals surface area (Å²) in [5, 5.41) is 11.7. The van der Waals surface area contributed by atoms with Crippen LogP contribution in [0.3, 0.4) is 0 Å². The highest BCUT2D eigenvalue weighted by atomic mass is 32.1. The molecule has 0 aliphatic rings. The lowest BCUT2D eigenvalue weighted by Gasteiger charge is -2.29. The van der Waals surface area contributed by atoms with Gasteiger partial charge >= 0.3 is 0 Å². The average Bonchev–Trinajstić information content (AvgIpc) is 3.89. The molecule has 0 amide bonds. The van der Waals surface area contributed by atoms with E-state index in [0.717, 1.165) is 22.5 Å². The molecule has 250 valence electrons. The van der Waals surface area contributed by atoms with Crippen molar-refractivity contribution in [3.05, 3.63) is 182 Å². The molecule has 0 spiro atoms. The van der Waals surface area contributed by atoms with E-state index in [1.54, 1.807) is 0 Å². The highest BCUT2D eigenvalue weighted by Crippen LogP contribution is 2.42. The molecule has 0 aliphatic heterocycles. The molecule has 4 heterocycles. The topological polar surface area (TPSA) is 22.8 Å². The van der Waals surface area contributed by atoms with E-state index in [2.05, 4.69) is 192 Å². The van der Waals surface area contributed by atoms with Crippen LogP contribution < -0.4 is 15.6 Å². The molecule has 0 saturated heterocycles. The lowest BCUT2D eigenvalue weighted by Crippen LogP contribution is -2.64. The SMILES string of the molecule is C[Si](c1ccccc1)(c1ccccc1)c1ccc2sc3c(-n4c5ccccc5c5cccc(-n6c7ccccc7c7ccccc76)c54)nccc3c2c1. The van der Waals surface area contributed by atoms with Crippen LogP contribution in [0.1, 0.15) is 0 Å². The van der Waals surface area contributed by atoms with Gasteiger partial charge in [-0.2, -0.15) is 0 Å². The van der Waals surface area contributed by atoms with Crippen LogP contribution in [-0.4, -0.2) is 22.2 Å². The number of thiophene rings is 1. The number of nitrogens with zero attached hydrogens (tertiary/aromatic N) is 3. The molecule has 5 heteroatoms. The van der Waals surface area contributed by atoms with Gasteiger partial charge in [0.15, 0.2) is 5.82 Å². The summed E-state index contributed by atoms with van der Waals surface area (Å²) in [6, 6.07) is 64.7. The Kier molecular flexibility index (Phi) is 6.66. The van der Waals surface area contributed by atoms with Gasteiger partial charge in [0.05, 0.1) is 32.5 Å². The fraction of sp³-hybridized carbons (Fsp3) is 0.0208. The van der Waals surface area contributed by atoms with E-state index < -0.39 is 8.07 Å². The van der Waals surface area contributed by atoms with Crippen molar-refractivity contribution in [2.75, 3.05) is 0 Å². The first-order valence-electron chi connectivity index (χ1n) is 18.1. The minimum atomic E-state index is -2.30. The largest absolute Gasteiger partial charge is 0.307 e. The first-order chi connectivity index (χ1) is 26.2. The molecule has 0 aliphatic carbocycles. The third-order valence-corrected chi connectivity index (χ3v) is 17.0. The second kappa shape index (κ2) is 11.6. The molecular weight excluding hydrogens is 679 g/mol. The molecule has 11 aromatic rings. The first kappa shape index (κ1) is 30.4. The lowest BCUT2D eigenvalue weighted by molar-refractivity contribution is 1.08. The van der Waals surface area contributed by atoms with Crippen molar-refractivity contribution in [2.24, 2.45) is 0 Å². The lowest BCUT2D eigenvalue weighted by atomic mass is 10.1. The molecule has 0 unspecified atom stereocenters. The third kappa shape index (κ3) is 4.35. The zero-order chi connectivity index (χ0) is 35.1. The van der Waals surface area contributed by atoms with Gasteiger partial charge in [-0.1, -0.05) is 146 Å². The Labute approximate surface area is 311 Å².